The van der Waals surface area contributed by atoms with Gasteiger partial charge in [-0.05, 0) is 51.7 Å². The molecule has 0 N–H and O–H groups in total. The van der Waals surface area contributed by atoms with Gasteiger partial charge in [0.25, 0.3) is 0 Å². The molecule has 1 aromatic heterocycles. The molecule has 1 aromatic carbocycles. The van der Waals surface area contributed by atoms with E-state index in [-0.39, 0.29) is 12.1 Å². The van der Waals surface area contributed by atoms with Gasteiger partial charge in [0, 0.05) is 24.5 Å². The summed E-state index contributed by atoms with van der Waals surface area (Å²) in [7, 11) is 1.60. The van der Waals surface area contributed by atoms with Crippen molar-refractivity contribution in [2.75, 3.05) is 26.8 Å². The maximum Gasteiger partial charge on any atom is 0.410 e. The molecule has 0 bridgehead atoms. The molecule has 28 heavy (non-hydrogen) atoms. The zero-order chi connectivity index (χ0) is 20.3. The van der Waals surface area contributed by atoms with Crippen LogP contribution in [-0.4, -0.2) is 53.4 Å². The molecular weight excluding hydrogens is 382 g/mol. The number of benzene rings is 1. The van der Waals surface area contributed by atoms with Gasteiger partial charge in [-0.3, -0.25) is 0 Å². The number of carbonyl (C=O) groups excluding carboxylic acids is 1. The van der Waals surface area contributed by atoms with E-state index in [0.717, 1.165) is 18.2 Å². The molecule has 1 saturated heterocycles. The van der Waals surface area contributed by atoms with Crippen LogP contribution in [0.25, 0.3) is 10.9 Å². The number of rotatable bonds is 4. The van der Waals surface area contributed by atoms with Gasteiger partial charge in [0.15, 0.2) is 0 Å². The number of amides is 1. The highest BCUT2D eigenvalue weighted by molar-refractivity contribution is 6.34. The number of carbonyl (C=O) groups is 1. The highest BCUT2D eigenvalue weighted by Crippen LogP contribution is 2.27. The fourth-order valence-corrected chi connectivity index (χ4v) is 3.28. The van der Waals surface area contributed by atoms with Crippen molar-refractivity contribution in [1.82, 2.24) is 14.9 Å². The van der Waals surface area contributed by atoms with E-state index < -0.39 is 5.60 Å². The van der Waals surface area contributed by atoms with Crippen molar-refractivity contribution in [1.29, 1.82) is 0 Å². The zero-order valence-corrected chi connectivity index (χ0v) is 17.5. The van der Waals surface area contributed by atoms with Crippen LogP contribution in [0, 0.1) is 5.92 Å². The molecule has 1 amide bonds. The quantitative estimate of drug-likeness (QED) is 0.703. The molecule has 3 rings (SSSR count). The third-order valence-corrected chi connectivity index (χ3v) is 4.84. The van der Waals surface area contributed by atoms with Crippen molar-refractivity contribution < 1.29 is 19.0 Å². The van der Waals surface area contributed by atoms with Gasteiger partial charge < -0.3 is 19.1 Å². The lowest BCUT2D eigenvalue weighted by Crippen LogP contribution is -2.42. The monoisotopic (exact) mass is 407 g/mol. The maximum absolute atomic E-state index is 12.1. The first-order valence-corrected chi connectivity index (χ1v) is 9.75. The van der Waals surface area contributed by atoms with Crippen LogP contribution < -0.4 is 9.47 Å². The van der Waals surface area contributed by atoms with Gasteiger partial charge in [-0.1, -0.05) is 11.6 Å². The molecular formula is C20H26ClN3O4. The summed E-state index contributed by atoms with van der Waals surface area (Å²) < 4.78 is 16.5. The summed E-state index contributed by atoms with van der Waals surface area (Å²) in [4.78, 5) is 22.6. The van der Waals surface area contributed by atoms with Crippen LogP contribution in [0.5, 0.6) is 11.8 Å². The molecule has 2 aromatic rings. The molecule has 0 radical (unpaired) electrons. The van der Waals surface area contributed by atoms with Crippen molar-refractivity contribution in [3.63, 3.8) is 0 Å². The molecule has 8 heteroatoms. The minimum atomic E-state index is -0.480. The second-order valence-electron chi connectivity index (χ2n) is 7.90. The summed E-state index contributed by atoms with van der Waals surface area (Å²) in [5.74, 6) is 1.02. The lowest BCUT2D eigenvalue weighted by molar-refractivity contribution is 0.0163. The number of nitrogens with zero attached hydrogens (tertiary/aromatic N) is 3. The number of aromatic nitrogens is 2. The molecule has 0 atom stereocenters. The third kappa shape index (κ3) is 5.16. The van der Waals surface area contributed by atoms with Gasteiger partial charge in [0.2, 0.25) is 0 Å². The molecule has 7 nitrogen and oxygen atoms in total. The summed E-state index contributed by atoms with van der Waals surface area (Å²) in [6.07, 6.45) is 1.42. The first-order valence-electron chi connectivity index (χ1n) is 9.37. The Morgan fingerprint density at radius 2 is 1.96 bits per heavy atom. The Bertz CT molecular complexity index is 845. The highest BCUT2D eigenvalue weighted by atomic mass is 35.5. The van der Waals surface area contributed by atoms with Crippen molar-refractivity contribution >= 4 is 28.6 Å². The van der Waals surface area contributed by atoms with Crippen LogP contribution >= 0.6 is 11.6 Å². The number of methoxy groups -OCH3 is 1. The number of hydrogen-bond donors (Lipinski definition) is 0. The van der Waals surface area contributed by atoms with Crippen LogP contribution in [0.4, 0.5) is 4.79 Å². The SMILES string of the molecule is COc1ccc2c(Cl)nc(OCC3CCN(C(=O)OC(C)(C)C)CC3)nc2c1. The first kappa shape index (κ1) is 20.5. The minimum absolute atomic E-state index is 0.250. The van der Waals surface area contributed by atoms with Gasteiger partial charge in [-0.15, -0.1) is 0 Å². The smallest absolute Gasteiger partial charge is 0.410 e. The summed E-state index contributed by atoms with van der Waals surface area (Å²) in [6, 6.07) is 5.69. The fraction of sp³-hybridized carbons (Fsp3) is 0.550. The molecule has 0 spiro atoms. The Kier molecular flexibility index (Phi) is 6.13. The first-order chi connectivity index (χ1) is 13.2. The second kappa shape index (κ2) is 8.39. The van der Waals surface area contributed by atoms with E-state index in [9.17, 15) is 4.79 Å². The van der Waals surface area contributed by atoms with Crippen LogP contribution in [0.1, 0.15) is 33.6 Å². The largest absolute Gasteiger partial charge is 0.497 e. The lowest BCUT2D eigenvalue weighted by Gasteiger charge is -2.33. The number of halogens is 1. The van der Waals surface area contributed by atoms with E-state index in [1.54, 1.807) is 18.1 Å². The summed E-state index contributed by atoms with van der Waals surface area (Å²) >= 11 is 6.26. The molecule has 152 valence electrons. The summed E-state index contributed by atoms with van der Waals surface area (Å²) in [5, 5.41) is 1.10. The molecule has 0 unspecified atom stereocenters. The number of ether oxygens (including phenoxy) is 3. The van der Waals surface area contributed by atoms with Crippen molar-refractivity contribution in [3.8, 4) is 11.8 Å². The molecule has 1 aliphatic rings. The Morgan fingerprint density at radius 3 is 2.61 bits per heavy atom. The minimum Gasteiger partial charge on any atom is -0.497 e. The predicted octanol–water partition coefficient (Wildman–Crippen LogP) is 4.32. The van der Waals surface area contributed by atoms with Gasteiger partial charge in [0.05, 0.1) is 19.2 Å². The Labute approximate surface area is 169 Å². The Hall–Kier alpha value is -2.28. The maximum atomic E-state index is 12.1. The predicted molar refractivity (Wildman–Crippen MR) is 107 cm³/mol. The van der Waals surface area contributed by atoms with E-state index in [1.807, 2.05) is 32.9 Å². The van der Waals surface area contributed by atoms with E-state index in [4.69, 9.17) is 25.8 Å². The molecule has 0 saturated carbocycles. The number of piperidine rings is 1. The van der Waals surface area contributed by atoms with E-state index in [0.29, 0.717) is 42.0 Å². The van der Waals surface area contributed by atoms with Crippen LogP contribution in [-0.2, 0) is 4.74 Å². The van der Waals surface area contributed by atoms with Gasteiger partial charge >= 0.3 is 12.1 Å². The average molecular weight is 408 g/mol. The third-order valence-electron chi connectivity index (χ3n) is 4.55. The highest BCUT2D eigenvalue weighted by Gasteiger charge is 2.27. The van der Waals surface area contributed by atoms with Crippen molar-refractivity contribution in [2.24, 2.45) is 5.92 Å². The standard InChI is InChI=1S/C20H26ClN3O4/c1-20(2,3)28-19(25)24-9-7-13(8-10-24)12-27-18-22-16-11-14(26-4)5-6-15(16)17(21)23-18/h5-6,11,13H,7-10,12H2,1-4H3. The van der Waals surface area contributed by atoms with Gasteiger partial charge in [0.1, 0.15) is 16.5 Å². The number of likely N-dealkylation sites (tertiary alicyclic amines) is 1. The normalized spacial score (nSPS) is 15.5. The number of hydrogen-bond acceptors (Lipinski definition) is 6. The second-order valence-corrected chi connectivity index (χ2v) is 8.26. The van der Waals surface area contributed by atoms with Crippen molar-refractivity contribution in [3.05, 3.63) is 23.4 Å². The zero-order valence-electron chi connectivity index (χ0n) is 16.7. The molecule has 1 fully saturated rings. The fourth-order valence-electron chi connectivity index (χ4n) is 3.04. The molecule has 1 aliphatic heterocycles. The van der Waals surface area contributed by atoms with Gasteiger partial charge in [-0.2, -0.15) is 9.97 Å². The Balaban J connectivity index is 1.56. The van der Waals surface area contributed by atoms with Crippen LogP contribution in [0.3, 0.4) is 0 Å². The van der Waals surface area contributed by atoms with Gasteiger partial charge in [-0.25, -0.2) is 4.79 Å². The number of fused-ring (bicyclic) bond motifs is 1. The summed E-state index contributed by atoms with van der Waals surface area (Å²) in [6.45, 7) is 7.40. The lowest BCUT2D eigenvalue weighted by atomic mass is 9.98. The van der Waals surface area contributed by atoms with Crippen LogP contribution in [0.2, 0.25) is 5.15 Å². The molecule has 0 aliphatic carbocycles. The van der Waals surface area contributed by atoms with E-state index >= 15 is 0 Å². The average Bonchev–Trinajstić information content (AvgIpc) is 2.65. The van der Waals surface area contributed by atoms with E-state index in [1.165, 1.54) is 0 Å². The topological polar surface area (TPSA) is 73.8 Å². The van der Waals surface area contributed by atoms with E-state index in [2.05, 4.69) is 9.97 Å². The Morgan fingerprint density at radius 1 is 1.25 bits per heavy atom. The molecule has 2 heterocycles. The summed E-state index contributed by atoms with van der Waals surface area (Å²) in [5.41, 5.74) is 0.195. The van der Waals surface area contributed by atoms with Crippen LogP contribution in [0.15, 0.2) is 18.2 Å². The van der Waals surface area contributed by atoms with Crippen molar-refractivity contribution in [2.45, 2.75) is 39.2 Å².